The number of aromatic nitrogens is 2. The Morgan fingerprint density at radius 1 is 1.19 bits per heavy atom. The second kappa shape index (κ2) is 9.74. The van der Waals surface area contributed by atoms with E-state index in [4.69, 9.17) is 10.2 Å². The van der Waals surface area contributed by atoms with Gasteiger partial charge >= 0.3 is 15.5 Å². The molecule has 0 unspecified atom stereocenters. The summed E-state index contributed by atoms with van der Waals surface area (Å²) in [5, 5.41) is 2.86. The molecule has 0 spiro atoms. The summed E-state index contributed by atoms with van der Waals surface area (Å²) < 4.78 is 72.5. The lowest BCUT2D eigenvalue weighted by Crippen LogP contribution is -2.30. The van der Waals surface area contributed by atoms with Crippen molar-refractivity contribution in [3.63, 3.8) is 0 Å². The van der Waals surface area contributed by atoms with Gasteiger partial charge in [0, 0.05) is 34.6 Å². The largest absolute Gasteiger partial charge is 0.516 e. The minimum Gasteiger partial charge on any atom is -0.472 e. The second-order valence-electron chi connectivity index (χ2n) is 7.93. The zero-order valence-corrected chi connectivity index (χ0v) is 21.9. The number of anilines is 2. The van der Waals surface area contributed by atoms with Gasteiger partial charge in [0.15, 0.2) is 11.5 Å². The van der Waals surface area contributed by atoms with E-state index in [-0.39, 0.29) is 29.3 Å². The third-order valence-corrected chi connectivity index (χ3v) is 7.69. The SMILES string of the molecule is CCc1nc(NC)c(C(N)=O)n1Cc1c2ccocc-2c(Br)c1-c1ccccc1NS(=O)(=O)C(F)(F)F. The Kier molecular flexibility index (Phi) is 6.99. The van der Waals surface area contributed by atoms with Crippen LogP contribution in [-0.2, 0) is 23.0 Å². The van der Waals surface area contributed by atoms with Gasteiger partial charge in [-0.3, -0.25) is 9.52 Å². The van der Waals surface area contributed by atoms with Crippen LogP contribution in [0.1, 0.15) is 28.8 Å². The predicted octanol–water partition coefficient (Wildman–Crippen LogP) is 5.02. The molecular weight excluding hydrogens is 579 g/mol. The molecule has 0 saturated heterocycles. The van der Waals surface area contributed by atoms with Crippen molar-refractivity contribution >= 4 is 43.4 Å². The number of hydrogen-bond acceptors (Lipinski definition) is 6. The summed E-state index contributed by atoms with van der Waals surface area (Å²) >= 11 is 3.52. The fraction of sp³-hybridized carbons (Fsp3) is 0.217. The first-order valence-corrected chi connectivity index (χ1v) is 13.1. The number of halogens is 4. The van der Waals surface area contributed by atoms with Gasteiger partial charge in [0.2, 0.25) is 0 Å². The number of nitrogens with one attached hydrogen (secondary N) is 2. The third kappa shape index (κ3) is 4.66. The maximum atomic E-state index is 13.2. The highest BCUT2D eigenvalue weighted by Crippen LogP contribution is 2.48. The van der Waals surface area contributed by atoms with Gasteiger partial charge in [-0.15, -0.1) is 0 Å². The highest BCUT2D eigenvalue weighted by molar-refractivity contribution is 9.10. The molecule has 2 heterocycles. The Labute approximate surface area is 218 Å². The Balaban J connectivity index is 1.99. The number of fused-ring (bicyclic) bond motifs is 1. The van der Waals surface area contributed by atoms with Gasteiger partial charge in [-0.25, -0.2) is 4.98 Å². The standard InChI is InChI=1S/C23H21BrF3N5O4S/c1-3-17-30-22(29-2)20(21(28)33)32(17)10-14-12-8-9-36-11-15(12)19(24)18(14)13-6-4-5-7-16(13)31-37(34,35)23(25,26)27/h4-9,11,29,31H,3,10H2,1-2H3,(H2,28,33). The van der Waals surface area contributed by atoms with E-state index in [9.17, 15) is 26.4 Å². The van der Waals surface area contributed by atoms with Crippen LogP contribution in [0.2, 0.25) is 0 Å². The van der Waals surface area contributed by atoms with E-state index >= 15 is 0 Å². The molecule has 1 aliphatic carbocycles. The molecule has 0 radical (unpaired) electrons. The number of sulfonamides is 1. The van der Waals surface area contributed by atoms with Crippen molar-refractivity contribution in [1.29, 1.82) is 0 Å². The van der Waals surface area contributed by atoms with E-state index in [0.29, 0.717) is 39.0 Å². The molecule has 4 N–H and O–H groups in total. The number of alkyl halides is 3. The van der Waals surface area contributed by atoms with Crippen LogP contribution in [0.3, 0.4) is 0 Å². The molecule has 1 aromatic heterocycles. The molecule has 2 aliphatic rings. The first-order valence-electron chi connectivity index (χ1n) is 10.8. The van der Waals surface area contributed by atoms with E-state index in [0.717, 1.165) is 0 Å². The van der Waals surface area contributed by atoms with Crippen molar-refractivity contribution in [2.45, 2.75) is 25.4 Å². The Bertz CT molecular complexity index is 1560. The van der Waals surface area contributed by atoms with E-state index in [1.54, 1.807) is 28.5 Å². The minimum atomic E-state index is -5.69. The third-order valence-electron chi connectivity index (χ3n) is 5.77. The van der Waals surface area contributed by atoms with Crippen LogP contribution in [0.25, 0.3) is 22.3 Å². The molecule has 196 valence electrons. The number of rotatable bonds is 8. The van der Waals surface area contributed by atoms with Crippen molar-refractivity contribution in [2.24, 2.45) is 5.73 Å². The molecule has 0 atom stereocenters. The number of aryl methyl sites for hydroxylation is 1. The maximum Gasteiger partial charge on any atom is 0.516 e. The van der Waals surface area contributed by atoms with Crippen LogP contribution in [0, 0.1) is 0 Å². The van der Waals surface area contributed by atoms with Gasteiger partial charge < -0.3 is 20.0 Å². The van der Waals surface area contributed by atoms with Crippen molar-refractivity contribution in [2.75, 3.05) is 17.1 Å². The van der Waals surface area contributed by atoms with E-state index in [1.807, 2.05) is 6.92 Å². The first kappa shape index (κ1) is 26.5. The number of amides is 1. The van der Waals surface area contributed by atoms with E-state index in [2.05, 4.69) is 26.2 Å². The second-order valence-corrected chi connectivity index (χ2v) is 10.4. The average Bonchev–Trinajstić information content (AvgIpc) is 3.34. The molecule has 2 aromatic rings. The lowest BCUT2D eigenvalue weighted by Gasteiger charge is -2.17. The zero-order chi connectivity index (χ0) is 27.1. The maximum absolute atomic E-state index is 13.2. The van der Waals surface area contributed by atoms with Gasteiger partial charge in [-0.2, -0.15) is 21.6 Å². The summed E-state index contributed by atoms with van der Waals surface area (Å²) in [5.74, 6) is 0.108. The van der Waals surface area contributed by atoms with Crippen molar-refractivity contribution < 1.29 is 30.8 Å². The van der Waals surface area contributed by atoms with Crippen molar-refractivity contribution in [1.82, 2.24) is 9.55 Å². The van der Waals surface area contributed by atoms with E-state index < -0.39 is 21.4 Å². The fourth-order valence-electron chi connectivity index (χ4n) is 4.16. The number of primary amides is 1. The Morgan fingerprint density at radius 2 is 1.89 bits per heavy atom. The highest BCUT2D eigenvalue weighted by atomic mass is 79.9. The van der Waals surface area contributed by atoms with Gasteiger partial charge in [0.25, 0.3) is 5.91 Å². The van der Waals surface area contributed by atoms with Crippen LogP contribution in [0.4, 0.5) is 24.7 Å². The molecule has 0 saturated carbocycles. The minimum absolute atomic E-state index is 0.0535. The van der Waals surface area contributed by atoms with Crippen LogP contribution in [0.15, 0.2) is 51.7 Å². The summed E-state index contributed by atoms with van der Waals surface area (Å²) in [6.45, 7) is 1.90. The Morgan fingerprint density at radius 3 is 2.51 bits per heavy atom. The van der Waals surface area contributed by atoms with E-state index in [1.165, 1.54) is 30.7 Å². The monoisotopic (exact) mass is 599 g/mol. The fourth-order valence-corrected chi connectivity index (χ4v) is 5.51. The molecule has 1 aliphatic heterocycles. The van der Waals surface area contributed by atoms with Gasteiger partial charge in [-0.1, -0.05) is 25.1 Å². The molecular formula is C23H21BrF3N5O4S. The molecule has 14 heteroatoms. The molecule has 4 rings (SSSR count). The van der Waals surface area contributed by atoms with Gasteiger partial charge in [0.05, 0.1) is 24.8 Å². The number of para-hydroxylation sites is 1. The molecule has 0 bridgehead atoms. The predicted molar refractivity (Wildman–Crippen MR) is 136 cm³/mol. The van der Waals surface area contributed by atoms with Gasteiger partial charge in [-0.05, 0) is 39.2 Å². The number of carbonyl (C=O) groups is 1. The Hall–Kier alpha value is -3.52. The molecule has 1 aromatic carbocycles. The lowest BCUT2D eigenvalue weighted by atomic mass is 10.0. The number of nitrogens with zero attached hydrogens (tertiary/aromatic N) is 2. The normalized spacial score (nSPS) is 12.2. The zero-order valence-electron chi connectivity index (χ0n) is 19.5. The average molecular weight is 600 g/mol. The van der Waals surface area contributed by atoms with Crippen LogP contribution in [0.5, 0.6) is 0 Å². The number of carbonyl (C=O) groups excluding carboxylic acids is 1. The number of imidazole rings is 1. The lowest BCUT2D eigenvalue weighted by molar-refractivity contribution is -0.0429. The number of benzene rings is 1. The first-order chi connectivity index (χ1) is 17.4. The van der Waals surface area contributed by atoms with Crippen LogP contribution < -0.4 is 15.8 Å². The highest BCUT2D eigenvalue weighted by Gasteiger charge is 2.46. The summed E-state index contributed by atoms with van der Waals surface area (Å²) in [5.41, 5.74) is 2.43. The summed E-state index contributed by atoms with van der Waals surface area (Å²) in [6.07, 6.45) is 3.34. The van der Waals surface area contributed by atoms with Crippen molar-refractivity contribution in [3.05, 3.63) is 64.4 Å². The van der Waals surface area contributed by atoms with Crippen molar-refractivity contribution in [3.8, 4) is 22.3 Å². The number of nitrogens with two attached hydrogens (primary N) is 1. The molecule has 9 nitrogen and oxygen atoms in total. The summed E-state index contributed by atoms with van der Waals surface area (Å²) in [7, 11) is -4.09. The number of hydrogen-bond donors (Lipinski definition) is 3. The summed E-state index contributed by atoms with van der Waals surface area (Å²) in [6, 6.07) is 7.39. The molecule has 0 fully saturated rings. The van der Waals surface area contributed by atoms with Crippen LogP contribution >= 0.6 is 15.9 Å². The quantitative estimate of drug-likeness (QED) is 0.260. The molecule has 37 heavy (non-hydrogen) atoms. The summed E-state index contributed by atoms with van der Waals surface area (Å²) in [4.78, 5) is 16.8. The van der Waals surface area contributed by atoms with Crippen LogP contribution in [-0.4, -0.2) is 36.4 Å². The topological polar surface area (TPSA) is 132 Å². The smallest absolute Gasteiger partial charge is 0.472 e. The molecule has 1 amide bonds. The van der Waals surface area contributed by atoms with Gasteiger partial charge in [0.1, 0.15) is 5.82 Å².